The van der Waals surface area contributed by atoms with E-state index in [1.54, 1.807) is 24.3 Å². The number of rotatable bonds is 6. The molecule has 154 valence electrons. The van der Waals surface area contributed by atoms with E-state index >= 15 is 0 Å². The fourth-order valence-corrected chi connectivity index (χ4v) is 2.94. The number of carbonyl (C=O) groups is 2. The van der Waals surface area contributed by atoms with Gasteiger partial charge in [0.25, 0.3) is 0 Å². The first-order chi connectivity index (χ1) is 14.4. The number of aromatic carboxylic acids is 1. The molecule has 0 fully saturated rings. The molecule has 0 spiro atoms. The molecule has 1 N–H and O–H groups in total. The predicted octanol–water partition coefficient (Wildman–Crippen LogP) is 3.47. The second-order valence-corrected chi connectivity index (χ2v) is 6.13. The molecule has 30 heavy (non-hydrogen) atoms. The van der Waals surface area contributed by atoms with Gasteiger partial charge in [0.1, 0.15) is 28.0 Å². The monoisotopic (exact) mass is 410 g/mol. The molecule has 0 saturated carbocycles. The molecule has 3 aromatic rings. The molecular formula is C22H18O8. The van der Waals surface area contributed by atoms with Crippen molar-refractivity contribution in [3.05, 3.63) is 69.1 Å². The Labute approximate surface area is 170 Å². The zero-order valence-corrected chi connectivity index (χ0v) is 16.4. The van der Waals surface area contributed by atoms with Crippen LogP contribution in [0.3, 0.4) is 0 Å². The fourth-order valence-electron chi connectivity index (χ4n) is 2.94. The molecule has 0 bridgehead atoms. The zero-order valence-electron chi connectivity index (χ0n) is 16.4. The highest BCUT2D eigenvalue weighted by atomic mass is 16.5. The summed E-state index contributed by atoms with van der Waals surface area (Å²) in [5, 5.41) is 9.04. The van der Waals surface area contributed by atoms with E-state index in [4.69, 9.17) is 23.7 Å². The van der Waals surface area contributed by atoms with Crippen molar-refractivity contribution in [3.63, 3.8) is 0 Å². The van der Waals surface area contributed by atoms with E-state index in [1.165, 1.54) is 45.6 Å². The lowest BCUT2D eigenvalue weighted by Crippen LogP contribution is -2.11. The molecule has 0 amide bonds. The Balaban J connectivity index is 2.10. The van der Waals surface area contributed by atoms with Gasteiger partial charge in [-0.2, -0.15) is 0 Å². The van der Waals surface area contributed by atoms with Crippen molar-refractivity contribution < 1.29 is 33.3 Å². The molecule has 0 aliphatic rings. The van der Waals surface area contributed by atoms with Gasteiger partial charge >= 0.3 is 11.9 Å². The highest BCUT2D eigenvalue weighted by Gasteiger charge is 2.25. The van der Waals surface area contributed by atoms with Crippen LogP contribution < -0.4 is 14.9 Å². The lowest BCUT2D eigenvalue weighted by atomic mass is 10.1. The number of carbonyl (C=O) groups excluding carboxylic acids is 1. The third-order valence-corrected chi connectivity index (χ3v) is 4.37. The summed E-state index contributed by atoms with van der Waals surface area (Å²) < 4.78 is 21.1. The topological polar surface area (TPSA) is 112 Å². The summed E-state index contributed by atoms with van der Waals surface area (Å²) in [7, 11) is 3.91. The Hall–Kier alpha value is -4.07. The van der Waals surface area contributed by atoms with Gasteiger partial charge in [0.15, 0.2) is 11.2 Å². The van der Waals surface area contributed by atoms with Crippen LogP contribution in [-0.4, -0.2) is 38.4 Å². The second kappa shape index (κ2) is 8.52. The first-order valence-electron chi connectivity index (χ1n) is 8.72. The Morgan fingerprint density at radius 1 is 1.00 bits per heavy atom. The van der Waals surface area contributed by atoms with Crippen LogP contribution in [0.4, 0.5) is 0 Å². The van der Waals surface area contributed by atoms with Crippen molar-refractivity contribution in [3.8, 4) is 11.5 Å². The van der Waals surface area contributed by atoms with Crippen LogP contribution in [0.15, 0.2) is 45.6 Å². The summed E-state index contributed by atoms with van der Waals surface area (Å²) in [6.45, 7) is 0. The van der Waals surface area contributed by atoms with Crippen molar-refractivity contribution in [2.75, 3.05) is 21.3 Å². The molecule has 0 saturated heterocycles. The van der Waals surface area contributed by atoms with Gasteiger partial charge < -0.3 is 23.7 Å². The average molecular weight is 410 g/mol. The third kappa shape index (κ3) is 3.88. The lowest BCUT2D eigenvalue weighted by molar-refractivity contribution is 0.0592. The molecule has 1 aromatic heterocycles. The predicted molar refractivity (Wildman–Crippen MR) is 109 cm³/mol. The highest BCUT2D eigenvalue weighted by molar-refractivity contribution is 6.03. The molecule has 0 aliphatic heterocycles. The molecule has 0 aliphatic carbocycles. The summed E-state index contributed by atoms with van der Waals surface area (Å²) in [6, 6.07) is 8.90. The minimum absolute atomic E-state index is 0.00439. The van der Waals surface area contributed by atoms with Crippen LogP contribution in [0.1, 0.15) is 32.0 Å². The van der Waals surface area contributed by atoms with Gasteiger partial charge in [-0.1, -0.05) is 18.2 Å². The number of ether oxygens (including phenoxy) is 3. The molecule has 8 nitrogen and oxygen atoms in total. The van der Waals surface area contributed by atoms with E-state index in [0.717, 1.165) is 5.56 Å². The number of fused-ring (bicyclic) bond motifs is 1. The average Bonchev–Trinajstić information content (AvgIpc) is 2.75. The van der Waals surface area contributed by atoms with Crippen molar-refractivity contribution in [2.45, 2.75) is 0 Å². The quantitative estimate of drug-likeness (QED) is 0.615. The van der Waals surface area contributed by atoms with Crippen molar-refractivity contribution in [1.29, 1.82) is 0 Å². The van der Waals surface area contributed by atoms with Gasteiger partial charge in [-0.15, -0.1) is 0 Å². The third-order valence-electron chi connectivity index (χ3n) is 4.37. The lowest BCUT2D eigenvalue weighted by Gasteiger charge is -2.13. The van der Waals surface area contributed by atoms with Crippen LogP contribution in [0, 0.1) is 0 Å². The first-order valence-corrected chi connectivity index (χ1v) is 8.72. The van der Waals surface area contributed by atoms with Crippen molar-refractivity contribution in [1.82, 2.24) is 0 Å². The Morgan fingerprint density at radius 3 is 2.27 bits per heavy atom. The van der Waals surface area contributed by atoms with E-state index in [9.17, 15) is 14.4 Å². The largest absolute Gasteiger partial charge is 0.496 e. The minimum atomic E-state index is -1.01. The van der Waals surface area contributed by atoms with Gasteiger partial charge in [0, 0.05) is 12.1 Å². The second-order valence-electron chi connectivity index (χ2n) is 6.13. The maximum absolute atomic E-state index is 12.7. The van der Waals surface area contributed by atoms with E-state index in [1.807, 2.05) is 0 Å². The van der Waals surface area contributed by atoms with Crippen LogP contribution in [-0.2, 0) is 4.74 Å². The van der Waals surface area contributed by atoms with Gasteiger partial charge in [-0.25, -0.2) is 9.59 Å². The fraction of sp³-hybridized carbons (Fsp3) is 0.136. The summed E-state index contributed by atoms with van der Waals surface area (Å²) in [5.41, 5.74) is 0.638. The number of carboxylic acids is 1. The number of hydrogen-bond acceptors (Lipinski definition) is 7. The van der Waals surface area contributed by atoms with E-state index in [0.29, 0.717) is 0 Å². The maximum Gasteiger partial charge on any atom is 0.345 e. The van der Waals surface area contributed by atoms with Crippen LogP contribution in [0.2, 0.25) is 0 Å². The SMILES string of the molecule is COC(=O)c1c(OC)cc2oc(C=Cc3ccc(C(=O)O)cc3)cc(=O)c2c1OC. The van der Waals surface area contributed by atoms with E-state index < -0.39 is 17.4 Å². The number of benzene rings is 2. The Kier molecular flexibility index (Phi) is 5.87. The molecule has 8 heteroatoms. The number of esters is 1. The number of methoxy groups -OCH3 is 3. The molecule has 0 radical (unpaired) electrons. The standard InChI is InChI=1S/C22H18O8/c1-27-16-11-17-18(20(28-2)19(16)22(26)29-3)15(23)10-14(30-17)9-6-12-4-7-13(8-5-12)21(24)25/h4-11H,1-3H3,(H,24,25). The number of carboxylic acid groups (broad SMARTS) is 1. The summed E-state index contributed by atoms with van der Waals surface area (Å²) >= 11 is 0. The maximum atomic E-state index is 12.7. The molecular weight excluding hydrogens is 392 g/mol. The van der Waals surface area contributed by atoms with Crippen molar-refractivity contribution in [2.24, 2.45) is 0 Å². The van der Waals surface area contributed by atoms with Crippen LogP contribution >= 0.6 is 0 Å². The van der Waals surface area contributed by atoms with Gasteiger partial charge in [0.2, 0.25) is 0 Å². The Morgan fingerprint density at radius 2 is 1.70 bits per heavy atom. The smallest absolute Gasteiger partial charge is 0.345 e. The molecule has 1 heterocycles. The molecule has 0 unspecified atom stereocenters. The molecule has 0 atom stereocenters. The van der Waals surface area contributed by atoms with Gasteiger partial charge in [-0.3, -0.25) is 4.79 Å². The zero-order chi connectivity index (χ0) is 21.8. The molecule has 3 rings (SSSR count). The van der Waals surface area contributed by atoms with Gasteiger partial charge in [0.05, 0.1) is 26.9 Å². The molecule has 2 aromatic carbocycles. The normalized spacial score (nSPS) is 10.9. The number of hydrogen-bond donors (Lipinski definition) is 1. The summed E-state index contributed by atoms with van der Waals surface area (Å²) in [4.78, 5) is 35.8. The van der Waals surface area contributed by atoms with E-state index in [2.05, 4.69) is 0 Å². The minimum Gasteiger partial charge on any atom is -0.496 e. The first kappa shape index (κ1) is 20.7. The Bertz CT molecular complexity index is 1200. The summed E-state index contributed by atoms with van der Waals surface area (Å²) in [5.74, 6) is -1.33. The van der Waals surface area contributed by atoms with Gasteiger partial charge in [-0.05, 0) is 23.8 Å². The highest BCUT2D eigenvalue weighted by Crippen LogP contribution is 2.36. The van der Waals surface area contributed by atoms with Crippen LogP contribution in [0.5, 0.6) is 11.5 Å². The van der Waals surface area contributed by atoms with Crippen LogP contribution in [0.25, 0.3) is 23.1 Å². The summed E-state index contributed by atoms with van der Waals surface area (Å²) in [6.07, 6.45) is 3.25. The van der Waals surface area contributed by atoms with Crippen molar-refractivity contribution >= 4 is 35.1 Å². The van der Waals surface area contributed by atoms with E-state index in [-0.39, 0.29) is 39.4 Å².